The Morgan fingerprint density at radius 3 is 3.00 bits per heavy atom. The molecule has 0 aliphatic rings. The first-order valence-electron chi connectivity index (χ1n) is 3.91. The third-order valence-corrected chi connectivity index (χ3v) is 2.20. The zero-order valence-corrected chi connectivity index (χ0v) is 11.2. The van der Waals surface area contributed by atoms with Crippen LogP contribution >= 0.6 is 38.5 Å². The van der Waals surface area contributed by atoms with Gasteiger partial charge in [-0.25, -0.2) is 4.79 Å². The van der Waals surface area contributed by atoms with Crippen LogP contribution in [-0.4, -0.2) is 12.8 Å². The molecule has 0 aromatic heterocycles. The fraction of sp³-hybridized carbons (Fsp3) is 0.100. The molecule has 0 unspecified atom stereocenters. The second-order valence-electron chi connectivity index (χ2n) is 2.37. The van der Waals surface area contributed by atoms with Crippen LogP contribution in [0.4, 0.5) is 4.79 Å². The van der Waals surface area contributed by atoms with Gasteiger partial charge >= 0.3 is 6.16 Å². The fourth-order valence-corrected chi connectivity index (χ4v) is 1.31. The zero-order chi connectivity index (χ0) is 11.1. The molecule has 5 heteroatoms. The summed E-state index contributed by atoms with van der Waals surface area (Å²) in [5.74, 6) is 3.01. The van der Waals surface area contributed by atoms with Crippen molar-refractivity contribution in [3.05, 3.63) is 28.7 Å². The van der Waals surface area contributed by atoms with E-state index in [4.69, 9.17) is 4.74 Å². The molecule has 0 aliphatic carbocycles. The molecule has 0 radical (unpaired) electrons. The molecule has 0 bridgehead atoms. The van der Waals surface area contributed by atoms with E-state index < -0.39 is 6.16 Å². The van der Waals surface area contributed by atoms with E-state index in [2.05, 4.69) is 30.5 Å². The summed E-state index contributed by atoms with van der Waals surface area (Å²) in [7, 11) is 0. The van der Waals surface area contributed by atoms with Crippen molar-refractivity contribution in [2.24, 2.45) is 0 Å². The van der Waals surface area contributed by atoms with Crippen molar-refractivity contribution in [3.63, 3.8) is 0 Å². The van der Waals surface area contributed by atoms with Gasteiger partial charge in [-0.3, -0.25) is 0 Å². The molecular formula is C10H6BrIO3. The highest BCUT2D eigenvalue weighted by Gasteiger charge is 2.04. The number of hydrogen-bond acceptors (Lipinski definition) is 3. The molecule has 0 atom stereocenters. The van der Waals surface area contributed by atoms with Crippen LogP contribution in [-0.2, 0) is 4.74 Å². The fourth-order valence-electron chi connectivity index (χ4n) is 0.778. The maximum absolute atomic E-state index is 11.1. The highest BCUT2D eigenvalue weighted by molar-refractivity contribution is 14.1. The molecule has 0 fully saturated rings. The number of halogens is 2. The molecule has 0 aliphatic heterocycles. The molecule has 1 aromatic rings. The number of carbonyl (C=O) groups is 1. The van der Waals surface area contributed by atoms with Gasteiger partial charge in [0.05, 0.1) is 0 Å². The van der Waals surface area contributed by atoms with E-state index in [1.807, 2.05) is 28.7 Å². The third-order valence-electron chi connectivity index (χ3n) is 1.33. The number of hydrogen-bond donors (Lipinski definition) is 0. The van der Waals surface area contributed by atoms with Crippen molar-refractivity contribution in [2.45, 2.75) is 0 Å². The average molecular weight is 381 g/mol. The lowest BCUT2D eigenvalue weighted by molar-refractivity contribution is 0.111. The standard InChI is InChI=1S/C10H6BrIO3/c11-8-3-1-4-9(7-8)15-10(13)14-6-2-5-12/h1,3-4,7H,6H2. The summed E-state index contributed by atoms with van der Waals surface area (Å²) in [6, 6.07) is 6.93. The Kier molecular flexibility index (Phi) is 5.50. The molecule has 1 aromatic carbocycles. The van der Waals surface area contributed by atoms with Crippen molar-refractivity contribution >= 4 is 44.7 Å². The molecular weight excluding hydrogens is 375 g/mol. The van der Waals surface area contributed by atoms with Gasteiger partial charge in [-0.1, -0.05) is 27.9 Å². The van der Waals surface area contributed by atoms with Crippen molar-refractivity contribution in [1.29, 1.82) is 0 Å². The Morgan fingerprint density at radius 1 is 1.53 bits per heavy atom. The molecule has 0 heterocycles. The lowest BCUT2D eigenvalue weighted by Gasteiger charge is -2.03. The molecule has 0 N–H and O–H groups in total. The van der Waals surface area contributed by atoms with E-state index in [9.17, 15) is 4.79 Å². The number of benzene rings is 1. The predicted octanol–water partition coefficient (Wildman–Crippen LogP) is 3.36. The van der Waals surface area contributed by atoms with Crippen LogP contribution in [0.15, 0.2) is 28.7 Å². The molecule has 1 rings (SSSR count). The first kappa shape index (κ1) is 12.3. The van der Waals surface area contributed by atoms with E-state index in [1.54, 1.807) is 18.2 Å². The Bertz CT molecular complexity index is 409. The van der Waals surface area contributed by atoms with E-state index in [0.29, 0.717) is 5.75 Å². The smallest absolute Gasteiger partial charge is 0.421 e. The van der Waals surface area contributed by atoms with Crippen LogP contribution in [0, 0.1) is 9.85 Å². The van der Waals surface area contributed by atoms with Crippen molar-refractivity contribution in [1.82, 2.24) is 0 Å². The summed E-state index contributed by atoms with van der Waals surface area (Å²) in [6.45, 7) is 0.0375. The molecule has 15 heavy (non-hydrogen) atoms. The van der Waals surface area contributed by atoms with Crippen LogP contribution in [0.5, 0.6) is 5.75 Å². The Balaban J connectivity index is 2.46. The Morgan fingerprint density at radius 2 is 2.33 bits per heavy atom. The minimum absolute atomic E-state index is 0.0375. The van der Waals surface area contributed by atoms with Gasteiger partial charge in [-0.05, 0) is 22.1 Å². The summed E-state index contributed by atoms with van der Waals surface area (Å²) in [5.41, 5.74) is 0. The molecule has 0 amide bonds. The Labute approximate surface area is 109 Å². The van der Waals surface area contributed by atoms with E-state index >= 15 is 0 Å². The number of rotatable bonds is 2. The van der Waals surface area contributed by atoms with Crippen LogP contribution in [0.25, 0.3) is 0 Å². The predicted molar refractivity (Wildman–Crippen MR) is 67.9 cm³/mol. The highest BCUT2D eigenvalue weighted by atomic mass is 127. The van der Waals surface area contributed by atoms with Crippen LogP contribution in [0.3, 0.4) is 0 Å². The summed E-state index contributed by atoms with van der Waals surface area (Å²) in [6.07, 6.45) is -0.757. The van der Waals surface area contributed by atoms with E-state index in [1.165, 1.54) is 0 Å². The zero-order valence-electron chi connectivity index (χ0n) is 7.50. The van der Waals surface area contributed by atoms with Crippen LogP contribution < -0.4 is 4.74 Å². The SMILES string of the molecule is O=C(OCC#CI)Oc1cccc(Br)c1. The molecule has 0 saturated carbocycles. The lowest BCUT2D eigenvalue weighted by atomic mass is 10.3. The molecule has 78 valence electrons. The second-order valence-corrected chi connectivity index (χ2v) is 3.82. The number of carbonyl (C=O) groups excluding carboxylic acids is 1. The molecule has 0 spiro atoms. The normalized spacial score (nSPS) is 8.67. The minimum atomic E-state index is -0.757. The van der Waals surface area contributed by atoms with Gasteiger partial charge in [0.15, 0.2) is 6.61 Å². The number of ether oxygens (including phenoxy) is 2. The monoisotopic (exact) mass is 380 g/mol. The van der Waals surface area contributed by atoms with Gasteiger partial charge < -0.3 is 9.47 Å². The lowest BCUT2D eigenvalue weighted by Crippen LogP contribution is -2.10. The second kappa shape index (κ2) is 6.69. The van der Waals surface area contributed by atoms with Crippen molar-refractivity contribution in [2.75, 3.05) is 6.61 Å². The van der Waals surface area contributed by atoms with Gasteiger partial charge in [0.2, 0.25) is 0 Å². The molecule has 3 nitrogen and oxygen atoms in total. The summed E-state index contributed by atoms with van der Waals surface area (Å²) in [5, 5.41) is 0. The van der Waals surface area contributed by atoms with E-state index in [0.717, 1.165) is 4.47 Å². The van der Waals surface area contributed by atoms with Gasteiger partial charge in [-0.15, -0.1) is 0 Å². The van der Waals surface area contributed by atoms with Crippen LogP contribution in [0.2, 0.25) is 0 Å². The topological polar surface area (TPSA) is 35.5 Å². The molecule has 0 saturated heterocycles. The van der Waals surface area contributed by atoms with Gasteiger partial charge in [-0.2, -0.15) is 0 Å². The van der Waals surface area contributed by atoms with Crippen molar-refractivity contribution < 1.29 is 14.3 Å². The first-order chi connectivity index (χ1) is 7.22. The maximum Gasteiger partial charge on any atom is 0.514 e. The highest BCUT2D eigenvalue weighted by Crippen LogP contribution is 2.17. The first-order valence-corrected chi connectivity index (χ1v) is 5.78. The summed E-state index contributed by atoms with van der Waals surface area (Å²) >= 11 is 5.12. The maximum atomic E-state index is 11.1. The summed E-state index contributed by atoms with van der Waals surface area (Å²) < 4.78 is 13.0. The van der Waals surface area contributed by atoms with Crippen LogP contribution in [0.1, 0.15) is 0 Å². The van der Waals surface area contributed by atoms with Crippen molar-refractivity contribution in [3.8, 4) is 15.6 Å². The Hall–Kier alpha value is -0.740. The average Bonchev–Trinajstić information content (AvgIpc) is 2.18. The van der Waals surface area contributed by atoms with Gasteiger partial charge in [0.1, 0.15) is 5.75 Å². The quantitative estimate of drug-likeness (QED) is 0.341. The third kappa shape index (κ3) is 5.04. The van der Waals surface area contributed by atoms with Gasteiger partial charge in [0, 0.05) is 27.1 Å². The van der Waals surface area contributed by atoms with Gasteiger partial charge in [0.25, 0.3) is 0 Å². The largest absolute Gasteiger partial charge is 0.514 e. The minimum Gasteiger partial charge on any atom is -0.421 e. The van der Waals surface area contributed by atoms with E-state index in [-0.39, 0.29) is 6.61 Å². The summed E-state index contributed by atoms with van der Waals surface area (Å²) in [4.78, 5) is 11.1.